The van der Waals surface area contributed by atoms with E-state index in [1.54, 1.807) is 0 Å². The van der Waals surface area contributed by atoms with Gasteiger partial charge in [0.1, 0.15) is 6.04 Å². The number of hydrogen-bond acceptors (Lipinski definition) is 3. The molecule has 5 nitrogen and oxygen atoms in total. The zero-order chi connectivity index (χ0) is 17.5. The molecule has 0 heterocycles. The number of methoxy groups -OCH3 is 1. The Morgan fingerprint density at radius 3 is 2.50 bits per heavy atom. The fraction of sp³-hybridized carbons (Fsp3) is 0.222. The van der Waals surface area contributed by atoms with Crippen LogP contribution in [0.25, 0.3) is 0 Å². The van der Waals surface area contributed by atoms with Gasteiger partial charge >= 0.3 is 6.09 Å². The Morgan fingerprint density at radius 2 is 1.88 bits per heavy atom. The van der Waals surface area contributed by atoms with Gasteiger partial charge in [0.15, 0.2) is 0 Å². The Bertz CT molecular complexity index is 719. The smallest absolute Gasteiger partial charge is 0.407 e. The maximum atomic E-state index is 12.6. The number of nitrogens with one attached hydrogen (secondary N) is 2. The highest BCUT2D eigenvalue weighted by atomic mass is 79.9. The number of carbonyl (C=O) groups is 2. The van der Waals surface area contributed by atoms with Gasteiger partial charge in [0.2, 0.25) is 5.91 Å². The molecule has 2 aromatic rings. The van der Waals surface area contributed by atoms with Gasteiger partial charge in [-0.15, -0.1) is 0 Å². The van der Waals surface area contributed by atoms with Crippen molar-refractivity contribution in [2.75, 3.05) is 12.4 Å². The van der Waals surface area contributed by atoms with Crippen LogP contribution >= 0.6 is 15.9 Å². The Kier molecular flexibility index (Phi) is 6.37. The summed E-state index contributed by atoms with van der Waals surface area (Å²) < 4.78 is 5.52. The Morgan fingerprint density at radius 1 is 1.17 bits per heavy atom. The van der Waals surface area contributed by atoms with Crippen LogP contribution in [0.1, 0.15) is 11.1 Å². The van der Waals surface area contributed by atoms with Crippen molar-refractivity contribution in [3.8, 4) is 0 Å². The Balaban J connectivity index is 2.13. The first-order chi connectivity index (χ1) is 11.5. The second-order valence-electron chi connectivity index (χ2n) is 5.33. The van der Waals surface area contributed by atoms with Crippen molar-refractivity contribution in [2.24, 2.45) is 0 Å². The first-order valence-corrected chi connectivity index (χ1v) is 8.24. The highest BCUT2D eigenvalue weighted by Crippen LogP contribution is 2.21. The number of ether oxygens (including phenoxy) is 1. The molecule has 126 valence electrons. The molecule has 2 aromatic carbocycles. The second-order valence-corrected chi connectivity index (χ2v) is 6.19. The van der Waals surface area contributed by atoms with Crippen LogP contribution in [0.4, 0.5) is 10.5 Å². The monoisotopic (exact) mass is 390 g/mol. The maximum Gasteiger partial charge on any atom is 0.407 e. The summed E-state index contributed by atoms with van der Waals surface area (Å²) in [5.41, 5.74) is 2.67. The average Bonchev–Trinajstić information content (AvgIpc) is 2.58. The molecule has 24 heavy (non-hydrogen) atoms. The fourth-order valence-corrected chi connectivity index (χ4v) is 2.54. The summed E-state index contributed by atoms with van der Waals surface area (Å²) in [5.74, 6) is -0.306. The lowest BCUT2D eigenvalue weighted by Gasteiger charge is -2.18. The van der Waals surface area contributed by atoms with E-state index in [1.807, 2.05) is 55.5 Å². The molecule has 0 aromatic heterocycles. The van der Waals surface area contributed by atoms with E-state index in [0.29, 0.717) is 12.1 Å². The third-order valence-corrected chi connectivity index (χ3v) is 4.37. The van der Waals surface area contributed by atoms with E-state index in [1.165, 1.54) is 7.11 Å². The first kappa shape index (κ1) is 18.0. The third kappa shape index (κ3) is 5.09. The van der Waals surface area contributed by atoms with Gasteiger partial charge in [-0.25, -0.2) is 4.79 Å². The summed E-state index contributed by atoms with van der Waals surface area (Å²) >= 11 is 3.44. The lowest BCUT2D eigenvalue weighted by molar-refractivity contribution is -0.118. The number of halogens is 1. The molecule has 6 heteroatoms. The predicted molar refractivity (Wildman–Crippen MR) is 97.0 cm³/mol. The molecule has 0 spiro atoms. The summed E-state index contributed by atoms with van der Waals surface area (Å²) in [7, 11) is 1.27. The lowest BCUT2D eigenvalue weighted by atomic mass is 10.1. The summed E-state index contributed by atoms with van der Waals surface area (Å²) in [6.45, 7) is 1.96. The van der Waals surface area contributed by atoms with Crippen LogP contribution < -0.4 is 10.6 Å². The summed E-state index contributed by atoms with van der Waals surface area (Å²) in [4.78, 5) is 24.1. The normalized spacial score (nSPS) is 11.5. The van der Waals surface area contributed by atoms with Gasteiger partial charge in [-0.1, -0.05) is 52.3 Å². The van der Waals surface area contributed by atoms with Crippen LogP contribution in [-0.2, 0) is 16.0 Å². The molecule has 0 saturated heterocycles. The van der Waals surface area contributed by atoms with E-state index in [0.717, 1.165) is 15.6 Å². The highest BCUT2D eigenvalue weighted by molar-refractivity contribution is 9.10. The highest BCUT2D eigenvalue weighted by Gasteiger charge is 2.22. The summed E-state index contributed by atoms with van der Waals surface area (Å²) in [5, 5.41) is 5.40. The van der Waals surface area contributed by atoms with Gasteiger partial charge in [-0.3, -0.25) is 4.79 Å². The third-order valence-electron chi connectivity index (χ3n) is 3.52. The first-order valence-electron chi connectivity index (χ1n) is 7.45. The molecule has 0 aliphatic carbocycles. The van der Waals surface area contributed by atoms with E-state index in [2.05, 4.69) is 31.3 Å². The van der Waals surface area contributed by atoms with E-state index < -0.39 is 12.1 Å². The minimum absolute atomic E-state index is 0.306. The number of carbonyl (C=O) groups excluding carboxylic acids is 2. The Labute approximate surface area is 149 Å². The quantitative estimate of drug-likeness (QED) is 0.818. The van der Waals surface area contributed by atoms with Crippen molar-refractivity contribution < 1.29 is 14.3 Å². The van der Waals surface area contributed by atoms with Gasteiger partial charge in [0, 0.05) is 16.6 Å². The zero-order valence-corrected chi connectivity index (χ0v) is 15.1. The van der Waals surface area contributed by atoms with Crippen LogP contribution in [0.5, 0.6) is 0 Å². The largest absolute Gasteiger partial charge is 0.453 e. The zero-order valence-electron chi connectivity index (χ0n) is 13.5. The molecule has 0 aliphatic heterocycles. The number of aryl methyl sites for hydroxylation is 1. The van der Waals surface area contributed by atoms with Crippen molar-refractivity contribution >= 4 is 33.6 Å². The molecule has 2 rings (SSSR count). The molecule has 1 unspecified atom stereocenters. The molecule has 0 radical (unpaired) electrons. The second kappa shape index (κ2) is 8.49. The van der Waals surface area contributed by atoms with Gasteiger partial charge in [-0.2, -0.15) is 0 Å². The van der Waals surface area contributed by atoms with Crippen LogP contribution in [0.15, 0.2) is 53.0 Å². The molecule has 0 aliphatic rings. The van der Waals surface area contributed by atoms with Crippen LogP contribution in [0, 0.1) is 6.92 Å². The van der Waals surface area contributed by atoms with Gasteiger partial charge in [-0.05, 0) is 30.2 Å². The molecule has 0 fully saturated rings. The summed E-state index contributed by atoms with van der Waals surface area (Å²) in [6, 6.07) is 14.3. The van der Waals surface area contributed by atoms with Gasteiger partial charge in [0.05, 0.1) is 7.11 Å². The van der Waals surface area contributed by atoms with Crippen molar-refractivity contribution in [3.63, 3.8) is 0 Å². The van der Waals surface area contributed by atoms with E-state index in [4.69, 9.17) is 0 Å². The number of amides is 2. The number of hydrogen-bond donors (Lipinski definition) is 2. The van der Waals surface area contributed by atoms with Crippen LogP contribution in [0.2, 0.25) is 0 Å². The van der Waals surface area contributed by atoms with Crippen molar-refractivity contribution in [1.82, 2.24) is 5.32 Å². The van der Waals surface area contributed by atoms with Gasteiger partial charge in [0.25, 0.3) is 0 Å². The van der Waals surface area contributed by atoms with Crippen LogP contribution in [0.3, 0.4) is 0 Å². The Hall–Kier alpha value is -2.34. The van der Waals surface area contributed by atoms with Crippen LogP contribution in [-0.4, -0.2) is 25.2 Å². The van der Waals surface area contributed by atoms with Gasteiger partial charge < -0.3 is 15.4 Å². The molecule has 2 amide bonds. The topological polar surface area (TPSA) is 67.4 Å². The molecular formula is C18H19BrN2O3. The van der Waals surface area contributed by atoms with E-state index in [-0.39, 0.29) is 5.91 Å². The standard InChI is InChI=1S/C18H19BrN2O3/c1-12-8-9-14(11-15(12)19)20-17(22)16(21-18(23)24-2)10-13-6-4-3-5-7-13/h3-9,11,16H,10H2,1-2H3,(H,20,22)(H,21,23). The van der Waals surface area contributed by atoms with E-state index >= 15 is 0 Å². The maximum absolute atomic E-state index is 12.6. The lowest BCUT2D eigenvalue weighted by Crippen LogP contribution is -2.45. The molecule has 0 bridgehead atoms. The average molecular weight is 391 g/mol. The number of benzene rings is 2. The summed E-state index contributed by atoms with van der Waals surface area (Å²) in [6.07, 6.45) is -0.273. The molecule has 0 saturated carbocycles. The predicted octanol–water partition coefficient (Wildman–Crippen LogP) is 3.66. The molecule has 2 N–H and O–H groups in total. The minimum atomic E-state index is -0.736. The number of anilines is 1. The number of alkyl carbamates (subject to hydrolysis) is 1. The SMILES string of the molecule is COC(=O)NC(Cc1ccccc1)C(=O)Nc1ccc(C)c(Br)c1. The number of rotatable bonds is 5. The van der Waals surface area contributed by atoms with E-state index in [9.17, 15) is 9.59 Å². The van der Waals surface area contributed by atoms with Crippen molar-refractivity contribution in [2.45, 2.75) is 19.4 Å². The minimum Gasteiger partial charge on any atom is -0.453 e. The van der Waals surface area contributed by atoms with Crippen molar-refractivity contribution in [3.05, 3.63) is 64.1 Å². The van der Waals surface area contributed by atoms with Crippen molar-refractivity contribution in [1.29, 1.82) is 0 Å². The fourth-order valence-electron chi connectivity index (χ4n) is 2.16. The molecular weight excluding hydrogens is 372 g/mol. The molecule has 1 atom stereocenters.